The van der Waals surface area contributed by atoms with Crippen LogP contribution >= 0.6 is 28.6 Å². The number of carbonyl (C=O) groups excluding carboxylic acids is 1. The van der Waals surface area contributed by atoms with E-state index in [-0.39, 0.29) is 12.2 Å². The number of nitriles is 1. The van der Waals surface area contributed by atoms with E-state index >= 15 is 0 Å². The first-order valence-corrected chi connectivity index (χ1v) is 6.20. The second kappa shape index (κ2) is 5.92. The number of halogens is 1. The third kappa shape index (κ3) is 2.77. The van der Waals surface area contributed by atoms with Gasteiger partial charge in [-0.05, 0) is 24.6 Å². The molecule has 0 spiro atoms. The lowest BCUT2D eigenvalue weighted by atomic mass is 10.1. The van der Waals surface area contributed by atoms with Crippen LogP contribution < -0.4 is 0 Å². The Bertz CT molecular complexity index is 454. The first-order valence-electron chi connectivity index (χ1n) is 4.63. The van der Waals surface area contributed by atoms with Crippen molar-refractivity contribution in [2.24, 2.45) is 0 Å². The molecular weight excluding hydrogens is 290 g/mol. The third-order valence-electron chi connectivity index (χ3n) is 1.93. The fourth-order valence-electron chi connectivity index (χ4n) is 1.27. The lowest BCUT2D eigenvalue weighted by Gasteiger charge is -2.08. The molecule has 84 valence electrons. The quantitative estimate of drug-likeness (QED) is 0.530. The van der Waals surface area contributed by atoms with Crippen molar-refractivity contribution in [1.29, 1.82) is 5.26 Å². The summed E-state index contributed by atoms with van der Waals surface area (Å²) in [5.41, 5.74) is 1.42. The first kappa shape index (κ1) is 13.1. The maximum absolute atomic E-state index is 11.6. The lowest BCUT2D eigenvalue weighted by Crippen LogP contribution is -2.08. The molecule has 0 aliphatic rings. The summed E-state index contributed by atoms with van der Waals surface area (Å²) in [5, 5.41) is 9.58. The number of hydrogen-bond acceptors (Lipinski definition) is 4. The van der Waals surface area contributed by atoms with Crippen molar-refractivity contribution in [1.82, 2.24) is 0 Å². The molecule has 0 aromatic heterocycles. The Labute approximate surface area is 108 Å². The van der Waals surface area contributed by atoms with E-state index in [0.717, 1.165) is 5.56 Å². The van der Waals surface area contributed by atoms with E-state index in [1.54, 1.807) is 19.1 Å². The second-order valence-corrected chi connectivity index (χ2v) is 4.05. The molecule has 0 unspecified atom stereocenters. The van der Waals surface area contributed by atoms with Crippen molar-refractivity contribution in [3.8, 4) is 6.07 Å². The van der Waals surface area contributed by atoms with Gasteiger partial charge < -0.3 is 4.74 Å². The van der Waals surface area contributed by atoms with Crippen LogP contribution in [-0.4, -0.2) is 12.6 Å². The SMILES string of the molecule is CCOC(=O)c1c(S)cc(CBr)cc1C#N. The Morgan fingerprint density at radius 1 is 1.62 bits per heavy atom. The van der Waals surface area contributed by atoms with Gasteiger partial charge in [-0.15, -0.1) is 12.6 Å². The molecule has 0 heterocycles. The number of thiol groups is 1. The average Bonchev–Trinajstić information content (AvgIpc) is 2.27. The van der Waals surface area contributed by atoms with E-state index in [4.69, 9.17) is 10.00 Å². The van der Waals surface area contributed by atoms with E-state index < -0.39 is 5.97 Å². The molecule has 5 heteroatoms. The third-order valence-corrected chi connectivity index (χ3v) is 2.93. The number of benzene rings is 1. The van der Waals surface area contributed by atoms with Crippen LogP contribution in [0.5, 0.6) is 0 Å². The Balaban J connectivity index is 3.28. The summed E-state index contributed by atoms with van der Waals surface area (Å²) in [6.45, 7) is 1.99. The number of carbonyl (C=O) groups is 1. The predicted octanol–water partition coefficient (Wildman–Crippen LogP) is 2.92. The Morgan fingerprint density at radius 2 is 2.31 bits per heavy atom. The molecule has 0 saturated heterocycles. The number of ether oxygens (including phenoxy) is 1. The van der Waals surface area contributed by atoms with E-state index in [2.05, 4.69) is 28.6 Å². The van der Waals surface area contributed by atoms with Gasteiger partial charge in [0.15, 0.2) is 0 Å². The summed E-state index contributed by atoms with van der Waals surface area (Å²) in [6, 6.07) is 5.37. The number of nitrogens with zero attached hydrogens (tertiary/aromatic N) is 1. The largest absolute Gasteiger partial charge is 0.462 e. The average molecular weight is 300 g/mol. The number of alkyl halides is 1. The van der Waals surface area contributed by atoms with Gasteiger partial charge in [0.2, 0.25) is 0 Å². The zero-order chi connectivity index (χ0) is 12.1. The van der Waals surface area contributed by atoms with Crippen molar-refractivity contribution in [2.75, 3.05) is 6.61 Å². The standard InChI is InChI=1S/C11H10BrNO2S/c1-2-15-11(14)10-8(6-13)3-7(5-12)4-9(10)16/h3-4,16H,2,5H2,1H3. The van der Waals surface area contributed by atoms with Gasteiger partial charge in [-0.2, -0.15) is 5.26 Å². The monoisotopic (exact) mass is 299 g/mol. The van der Waals surface area contributed by atoms with Crippen molar-refractivity contribution < 1.29 is 9.53 Å². The highest BCUT2D eigenvalue weighted by Crippen LogP contribution is 2.23. The van der Waals surface area contributed by atoms with E-state index in [0.29, 0.717) is 15.8 Å². The molecule has 1 aromatic carbocycles. The topological polar surface area (TPSA) is 50.1 Å². The summed E-state index contributed by atoms with van der Waals surface area (Å²) >= 11 is 7.49. The van der Waals surface area contributed by atoms with Crippen LogP contribution in [0.25, 0.3) is 0 Å². The molecule has 0 bridgehead atoms. The summed E-state index contributed by atoms with van der Waals surface area (Å²) in [4.78, 5) is 12.1. The zero-order valence-electron chi connectivity index (χ0n) is 8.66. The van der Waals surface area contributed by atoms with Gasteiger partial charge in [0.25, 0.3) is 0 Å². The Hall–Kier alpha value is -0.990. The molecule has 0 aliphatic carbocycles. The van der Waals surface area contributed by atoms with Gasteiger partial charge in [-0.3, -0.25) is 0 Å². The number of hydrogen-bond donors (Lipinski definition) is 1. The van der Waals surface area contributed by atoms with E-state index in [1.165, 1.54) is 0 Å². The normalized spacial score (nSPS) is 9.62. The van der Waals surface area contributed by atoms with E-state index in [9.17, 15) is 4.79 Å². The molecular formula is C11H10BrNO2S. The molecule has 1 rings (SSSR count). The molecule has 16 heavy (non-hydrogen) atoms. The van der Waals surface area contributed by atoms with Crippen LogP contribution in [0.3, 0.4) is 0 Å². The predicted molar refractivity (Wildman–Crippen MR) is 67.0 cm³/mol. The van der Waals surface area contributed by atoms with Gasteiger partial charge in [0.05, 0.1) is 17.7 Å². The minimum absolute atomic E-state index is 0.234. The summed E-state index contributed by atoms with van der Waals surface area (Å²) in [5.74, 6) is -0.509. The minimum Gasteiger partial charge on any atom is -0.462 e. The van der Waals surface area contributed by atoms with Gasteiger partial charge in [-0.25, -0.2) is 4.79 Å². The van der Waals surface area contributed by atoms with Crippen LogP contribution in [0.2, 0.25) is 0 Å². The molecule has 0 radical (unpaired) electrons. The van der Waals surface area contributed by atoms with E-state index in [1.807, 2.05) is 6.07 Å². The van der Waals surface area contributed by atoms with Crippen molar-refractivity contribution in [3.05, 3.63) is 28.8 Å². The number of esters is 1. The molecule has 1 aromatic rings. The van der Waals surface area contributed by atoms with Crippen LogP contribution in [0, 0.1) is 11.3 Å². The molecule has 0 amide bonds. The highest BCUT2D eigenvalue weighted by Gasteiger charge is 2.17. The highest BCUT2D eigenvalue weighted by atomic mass is 79.9. The van der Waals surface area contributed by atoms with Gasteiger partial charge >= 0.3 is 5.97 Å². The zero-order valence-corrected chi connectivity index (χ0v) is 11.1. The molecule has 0 atom stereocenters. The van der Waals surface area contributed by atoms with Crippen LogP contribution in [0.15, 0.2) is 17.0 Å². The summed E-state index contributed by atoms with van der Waals surface area (Å²) < 4.78 is 4.87. The molecule has 3 nitrogen and oxygen atoms in total. The maximum Gasteiger partial charge on any atom is 0.340 e. The van der Waals surface area contributed by atoms with Gasteiger partial charge in [-0.1, -0.05) is 15.9 Å². The van der Waals surface area contributed by atoms with Crippen LogP contribution in [0.4, 0.5) is 0 Å². The maximum atomic E-state index is 11.6. The van der Waals surface area contributed by atoms with Crippen molar-refractivity contribution >= 4 is 34.5 Å². The van der Waals surface area contributed by atoms with Crippen molar-refractivity contribution in [3.63, 3.8) is 0 Å². The molecule has 0 fully saturated rings. The smallest absolute Gasteiger partial charge is 0.340 e. The van der Waals surface area contributed by atoms with Gasteiger partial charge in [0, 0.05) is 10.2 Å². The summed E-state index contributed by atoms with van der Waals surface area (Å²) in [6.07, 6.45) is 0. The molecule has 0 N–H and O–H groups in total. The highest BCUT2D eigenvalue weighted by molar-refractivity contribution is 9.08. The van der Waals surface area contributed by atoms with Crippen molar-refractivity contribution in [2.45, 2.75) is 17.1 Å². The fourth-order valence-corrected chi connectivity index (χ4v) is 1.97. The Kier molecular flexibility index (Phi) is 4.84. The lowest BCUT2D eigenvalue weighted by molar-refractivity contribution is 0.0522. The minimum atomic E-state index is -0.509. The molecule has 0 aliphatic heterocycles. The first-order chi connectivity index (χ1) is 7.63. The summed E-state index contributed by atoms with van der Waals surface area (Å²) in [7, 11) is 0. The number of rotatable bonds is 3. The van der Waals surface area contributed by atoms with Gasteiger partial charge in [0.1, 0.15) is 6.07 Å². The second-order valence-electron chi connectivity index (χ2n) is 3.00. The Morgan fingerprint density at radius 3 is 2.81 bits per heavy atom. The van der Waals surface area contributed by atoms with Crippen LogP contribution in [0.1, 0.15) is 28.4 Å². The molecule has 0 saturated carbocycles. The van der Waals surface area contributed by atoms with Crippen LogP contribution in [-0.2, 0) is 10.1 Å². The fraction of sp³-hybridized carbons (Fsp3) is 0.273.